The van der Waals surface area contributed by atoms with Gasteiger partial charge in [0.2, 0.25) is 0 Å². The van der Waals surface area contributed by atoms with E-state index in [0.717, 1.165) is 0 Å². The van der Waals surface area contributed by atoms with Crippen molar-refractivity contribution in [2.75, 3.05) is 6.61 Å². The number of ketones is 1. The summed E-state index contributed by atoms with van der Waals surface area (Å²) in [5.74, 6) is -1.37. The first kappa shape index (κ1) is 29.6. The average molecular weight is 541 g/mol. The smallest absolute Gasteiger partial charge is 0.302 e. The molecule has 10 nitrogen and oxygen atoms in total. The fraction of sp³-hybridized carbons (Fsp3) is 0.857. The van der Waals surface area contributed by atoms with Crippen molar-refractivity contribution in [3.63, 3.8) is 0 Å². The van der Waals surface area contributed by atoms with Crippen molar-refractivity contribution in [2.45, 2.75) is 121 Å². The Hall–Kier alpha value is -1.40. The highest BCUT2D eigenvalue weighted by atomic mass is 16.7. The van der Waals surface area contributed by atoms with E-state index in [-0.39, 0.29) is 23.5 Å². The maximum atomic E-state index is 14.0. The first-order chi connectivity index (χ1) is 17.5. The van der Waals surface area contributed by atoms with Crippen molar-refractivity contribution in [2.24, 2.45) is 22.7 Å². The molecule has 4 fully saturated rings. The topological polar surface area (TPSA) is 152 Å². The standard InChI is InChI=1S/C28H44O10/c1-8-26(5)11-15(31)22-27(6,38-26)12-16(35-14(2)30)23-25(3,4)10-9-18(28(22,23)7)37-24-21(34)20(33)19(32)17(13-29)36-24/h8,16-24,29,32-34H,1,9-13H2,2-7H3/t16-,17-,18+,19-,20+,21-,22-,23+,24+,26+,27-,28+/m1/s1. The van der Waals surface area contributed by atoms with Crippen LogP contribution in [-0.4, -0.2) is 92.9 Å². The van der Waals surface area contributed by atoms with Gasteiger partial charge in [0.15, 0.2) is 6.29 Å². The van der Waals surface area contributed by atoms with Crippen LogP contribution in [0.3, 0.4) is 0 Å². The SMILES string of the molecule is C=C[C@@]1(C)CC(=O)[C@H]2[C@]3(C)[C@@H](O[C@@H]4O[C@H](CO)[C@@H](O)[C@H](O)[C@H]4O)CCC(C)(C)[C@@H]3[C@H](OC(C)=O)C[C@@]2(C)O1. The maximum Gasteiger partial charge on any atom is 0.302 e. The Morgan fingerprint density at radius 1 is 1.13 bits per heavy atom. The van der Waals surface area contributed by atoms with E-state index in [2.05, 4.69) is 20.4 Å². The molecule has 0 unspecified atom stereocenters. The molecule has 2 saturated heterocycles. The summed E-state index contributed by atoms with van der Waals surface area (Å²) >= 11 is 0. The van der Waals surface area contributed by atoms with E-state index in [1.165, 1.54) is 6.92 Å². The molecule has 2 aliphatic carbocycles. The molecular formula is C28H44O10. The van der Waals surface area contributed by atoms with Crippen LogP contribution in [0.5, 0.6) is 0 Å². The third-order valence-corrected chi connectivity index (χ3v) is 9.68. The Labute approximate surface area is 224 Å². The Kier molecular flexibility index (Phi) is 7.71. The van der Waals surface area contributed by atoms with Gasteiger partial charge in [-0.15, -0.1) is 6.58 Å². The highest BCUT2D eigenvalue weighted by Crippen LogP contribution is 2.66. The summed E-state index contributed by atoms with van der Waals surface area (Å²) in [4.78, 5) is 26.3. The van der Waals surface area contributed by atoms with Crippen LogP contribution in [0.1, 0.15) is 67.2 Å². The van der Waals surface area contributed by atoms with Crippen LogP contribution in [0.15, 0.2) is 12.7 Å². The molecule has 0 aromatic rings. The molecule has 216 valence electrons. The summed E-state index contributed by atoms with van der Waals surface area (Å²) in [6.07, 6.45) is -5.13. The maximum absolute atomic E-state index is 14.0. The van der Waals surface area contributed by atoms with Crippen LogP contribution in [0.25, 0.3) is 0 Å². The van der Waals surface area contributed by atoms with Crippen LogP contribution in [-0.2, 0) is 28.5 Å². The van der Waals surface area contributed by atoms with Crippen LogP contribution in [0.2, 0.25) is 0 Å². The number of ether oxygens (including phenoxy) is 4. The summed E-state index contributed by atoms with van der Waals surface area (Å²) in [5, 5.41) is 41.0. The number of fused-ring (bicyclic) bond motifs is 3. The second-order valence-corrected chi connectivity index (χ2v) is 13.1. The van der Waals surface area contributed by atoms with E-state index in [9.17, 15) is 30.0 Å². The third-order valence-electron chi connectivity index (χ3n) is 9.68. The van der Waals surface area contributed by atoms with Crippen molar-refractivity contribution in [3.8, 4) is 0 Å². The van der Waals surface area contributed by atoms with Gasteiger partial charge in [0.25, 0.3) is 0 Å². The zero-order chi connectivity index (χ0) is 28.4. The summed E-state index contributed by atoms with van der Waals surface area (Å²) in [6.45, 7) is 14.5. The predicted octanol–water partition coefficient (Wildman–Crippen LogP) is 1.26. The number of aliphatic hydroxyl groups is 4. The molecule has 10 heteroatoms. The number of carbonyl (C=O) groups is 2. The predicted molar refractivity (Wildman–Crippen MR) is 135 cm³/mol. The fourth-order valence-electron chi connectivity index (χ4n) is 8.37. The largest absolute Gasteiger partial charge is 0.462 e. The van der Waals surface area contributed by atoms with Gasteiger partial charge in [0, 0.05) is 31.1 Å². The van der Waals surface area contributed by atoms with E-state index in [1.807, 2.05) is 20.8 Å². The highest BCUT2D eigenvalue weighted by molar-refractivity contribution is 5.85. The Balaban J connectivity index is 1.80. The highest BCUT2D eigenvalue weighted by Gasteiger charge is 2.71. The molecular weight excluding hydrogens is 496 g/mol. The van der Waals surface area contributed by atoms with Crippen molar-refractivity contribution in [3.05, 3.63) is 12.7 Å². The van der Waals surface area contributed by atoms with E-state index in [4.69, 9.17) is 18.9 Å². The number of hydrogen-bond acceptors (Lipinski definition) is 10. The molecule has 0 aromatic carbocycles. The van der Waals surface area contributed by atoms with E-state index >= 15 is 0 Å². The monoisotopic (exact) mass is 540 g/mol. The lowest BCUT2D eigenvalue weighted by atomic mass is 9.42. The van der Waals surface area contributed by atoms with E-state index in [1.54, 1.807) is 6.08 Å². The first-order valence-electron chi connectivity index (χ1n) is 13.5. The molecule has 2 aliphatic heterocycles. The number of carbonyl (C=O) groups excluding carboxylic acids is 2. The van der Waals surface area contributed by atoms with Crippen LogP contribution in [0, 0.1) is 22.7 Å². The van der Waals surface area contributed by atoms with Gasteiger partial charge in [-0.2, -0.15) is 0 Å². The van der Waals surface area contributed by atoms with Crippen molar-refractivity contribution in [1.29, 1.82) is 0 Å². The van der Waals surface area contributed by atoms with Crippen molar-refractivity contribution < 1.29 is 49.0 Å². The first-order valence-corrected chi connectivity index (χ1v) is 13.5. The van der Waals surface area contributed by atoms with E-state index in [0.29, 0.717) is 19.3 Å². The number of rotatable bonds is 5. The molecule has 2 saturated carbocycles. The van der Waals surface area contributed by atoms with Gasteiger partial charge in [-0.1, -0.05) is 26.8 Å². The van der Waals surface area contributed by atoms with Gasteiger partial charge in [0.1, 0.15) is 36.3 Å². The Morgan fingerprint density at radius 3 is 2.37 bits per heavy atom. The molecule has 0 amide bonds. The second kappa shape index (κ2) is 9.90. The second-order valence-electron chi connectivity index (χ2n) is 13.1. The molecule has 12 atom stereocenters. The minimum atomic E-state index is -1.59. The number of hydrogen-bond donors (Lipinski definition) is 4. The molecule has 38 heavy (non-hydrogen) atoms. The molecule has 4 aliphatic rings. The van der Waals surface area contributed by atoms with Crippen LogP contribution < -0.4 is 0 Å². The molecule has 2 heterocycles. The van der Waals surface area contributed by atoms with E-state index < -0.39 is 78.0 Å². The Morgan fingerprint density at radius 2 is 1.79 bits per heavy atom. The third kappa shape index (κ3) is 4.66. The lowest BCUT2D eigenvalue weighted by Crippen LogP contribution is -2.73. The van der Waals surface area contributed by atoms with Gasteiger partial charge in [-0.05, 0) is 32.1 Å². The summed E-state index contributed by atoms with van der Waals surface area (Å²) in [7, 11) is 0. The van der Waals surface area contributed by atoms with Crippen LogP contribution >= 0.6 is 0 Å². The Bertz CT molecular complexity index is 950. The summed E-state index contributed by atoms with van der Waals surface area (Å²) in [5.41, 5.74) is -3.16. The zero-order valence-corrected chi connectivity index (χ0v) is 23.3. The summed E-state index contributed by atoms with van der Waals surface area (Å²) in [6, 6.07) is 0. The van der Waals surface area contributed by atoms with Crippen molar-refractivity contribution in [1.82, 2.24) is 0 Å². The van der Waals surface area contributed by atoms with Gasteiger partial charge in [0.05, 0.1) is 29.8 Å². The lowest BCUT2D eigenvalue weighted by Gasteiger charge is -2.67. The molecule has 4 N–H and O–H groups in total. The number of aliphatic hydroxyl groups excluding tert-OH is 4. The van der Waals surface area contributed by atoms with Gasteiger partial charge >= 0.3 is 5.97 Å². The normalized spacial score (nSPS) is 50.5. The fourth-order valence-corrected chi connectivity index (χ4v) is 8.37. The average Bonchev–Trinajstić information content (AvgIpc) is 2.79. The molecule has 0 aromatic heterocycles. The zero-order valence-electron chi connectivity index (χ0n) is 23.3. The molecule has 0 radical (unpaired) electrons. The van der Waals surface area contributed by atoms with Gasteiger partial charge in [-0.25, -0.2) is 0 Å². The molecule has 4 rings (SSSR count). The number of Topliss-reactive ketones (excluding diaryl/α,β-unsaturated/α-hetero) is 1. The lowest BCUT2D eigenvalue weighted by molar-refractivity contribution is -0.346. The molecule has 0 bridgehead atoms. The number of esters is 1. The van der Waals surface area contributed by atoms with Crippen molar-refractivity contribution >= 4 is 11.8 Å². The summed E-state index contributed by atoms with van der Waals surface area (Å²) < 4.78 is 24.7. The van der Waals surface area contributed by atoms with Gasteiger partial charge in [-0.3, -0.25) is 9.59 Å². The van der Waals surface area contributed by atoms with Crippen LogP contribution in [0.4, 0.5) is 0 Å². The quantitative estimate of drug-likeness (QED) is 0.296. The minimum Gasteiger partial charge on any atom is -0.462 e. The minimum absolute atomic E-state index is 0.00460. The van der Waals surface area contributed by atoms with Gasteiger partial charge < -0.3 is 39.4 Å². The molecule has 0 spiro atoms.